The van der Waals surface area contributed by atoms with Crippen molar-refractivity contribution in [2.75, 3.05) is 49.6 Å². The first kappa shape index (κ1) is 15.6. The third-order valence-electron chi connectivity index (χ3n) is 4.79. The highest BCUT2D eigenvalue weighted by atomic mass is 32.1. The van der Waals surface area contributed by atoms with Crippen LogP contribution in [0.2, 0.25) is 0 Å². The number of amides is 1. The van der Waals surface area contributed by atoms with Crippen molar-refractivity contribution in [3.8, 4) is 11.3 Å². The molecule has 6 heteroatoms. The number of nitrogens with zero attached hydrogens (tertiary/aromatic N) is 4. The zero-order valence-electron chi connectivity index (χ0n) is 13.9. The molecule has 1 aromatic carbocycles. The summed E-state index contributed by atoms with van der Waals surface area (Å²) in [7, 11) is 2.16. The molecule has 0 N–H and O–H groups in total. The Balaban J connectivity index is 1.55. The lowest BCUT2D eigenvalue weighted by Gasteiger charge is -2.32. The second kappa shape index (κ2) is 6.53. The number of rotatable bonds is 3. The van der Waals surface area contributed by atoms with Crippen molar-refractivity contribution in [3.63, 3.8) is 0 Å². The quantitative estimate of drug-likeness (QED) is 0.860. The van der Waals surface area contributed by atoms with Crippen LogP contribution in [0.5, 0.6) is 0 Å². The molecule has 1 aromatic heterocycles. The predicted molar refractivity (Wildman–Crippen MR) is 98.8 cm³/mol. The van der Waals surface area contributed by atoms with E-state index in [0.29, 0.717) is 6.42 Å². The number of carbonyl (C=O) groups excluding carboxylic acids is 1. The fourth-order valence-electron chi connectivity index (χ4n) is 3.29. The molecule has 0 radical (unpaired) electrons. The number of piperazine rings is 1. The molecule has 0 atom stereocenters. The molecule has 1 amide bonds. The third-order valence-corrected chi connectivity index (χ3v) is 5.69. The first-order valence-corrected chi connectivity index (χ1v) is 9.38. The first-order chi connectivity index (χ1) is 11.7. The van der Waals surface area contributed by atoms with E-state index in [-0.39, 0.29) is 5.91 Å². The molecule has 2 aromatic rings. The van der Waals surface area contributed by atoms with Crippen LogP contribution >= 0.6 is 11.3 Å². The lowest BCUT2D eigenvalue weighted by atomic mass is 10.1. The van der Waals surface area contributed by atoms with Crippen molar-refractivity contribution in [2.24, 2.45) is 0 Å². The van der Waals surface area contributed by atoms with Gasteiger partial charge in [0.25, 0.3) is 0 Å². The summed E-state index contributed by atoms with van der Waals surface area (Å²) in [5.41, 5.74) is 3.08. The zero-order valence-corrected chi connectivity index (χ0v) is 14.8. The maximum Gasteiger partial charge on any atom is 0.227 e. The summed E-state index contributed by atoms with van der Waals surface area (Å²) in [6, 6.07) is 8.20. The van der Waals surface area contributed by atoms with Crippen LogP contribution in [0.4, 0.5) is 10.8 Å². The van der Waals surface area contributed by atoms with Crippen LogP contribution in [0.25, 0.3) is 11.3 Å². The molecule has 2 saturated heterocycles. The van der Waals surface area contributed by atoms with Gasteiger partial charge < -0.3 is 14.7 Å². The van der Waals surface area contributed by atoms with Gasteiger partial charge in [0.1, 0.15) is 0 Å². The molecular weight excluding hydrogens is 320 g/mol. The zero-order chi connectivity index (χ0) is 16.5. The van der Waals surface area contributed by atoms with Crippen LogP contribution in [0.15, 0.2) is 29.6 Å². The Morgan fingerprint density at radius 2 is 1.96 bits per heavy atom. The number of aromatic nitrogens is 1. The minimum Gasteiger partial charge on any atom is -0.346 e. The van der Waals surface area contributed by atoms with E-state index in [2.05, 4.69) is 34.4 Å². The lowest BCUT2D eigenvalue weighted by molar-refractivity contribution is -0.117. The molecule has 0 spiro atoms. The fraction of sp³-hybridized carbons (Fsp3) is 0.444. The summed E-state index contributed by atoms with van der Waals surface area (Å²) in [4.78, 5) is 23.4. The van der Waals surface area contributed by atoms with Crippen LogP contribution in [0.3, 0.4) is 0 Å². The highest BCUT2D eigenvalue weighted by molar-refractivity contribution is 7.14. The average molecular weight is 342 g/mol. The Morgan fingerprint density at radius 1 is 1.12 bits per heavy atom. The van der Waals surface area contributed by atoms with Crippen LogP contribution in [0, 0.1) is 0 Å². The summed E-state index contributed by atoms with van der Waals surface area (Å²) in [5.74, 6) is 0.226. The Morgan fingerprint density at radius 3 is 2.71 bits per heavy atom. The second-order valence-electron chi connectivity index (χ2n) is 6.50. The number of thiazole rings is 1. The number of likely N-dealkylation sites (N-methyl/N-ethyl adjacent to an activating group) is 1. The normalized spacial score (nSPS) is 19.3. The summed E-state index contributed by atoms with van der Waals surface area (Å²) in [6.07, 6.45) is 1.61. The summed E-state index contributed by atoms with van der Waals surface area (Å²) in [6.45, 7) is 5.06. The standard InChI is InChI=1S/C18H22N4OS/c1-20-8-10-21(11-9-20)18-19-16(13-24-18)14-4-2-5-15(12-14)22-7-3-6-17(22)23/h2,4-5,12-13H,3,6-11H2,1H3. The van der Waals surface area contributed by atoms with Gasteiger partial charge in [0.05, 0.1) is 5.69 Å². The fourth-order valence-corrected chi connectivity index (χ4v) is 4.18. The van der Waals surface area contributed by atoms with Crippen molar-refractivity contribution in [1.29, 1.82) is 0 Å². The Bertz CT molecular complexity index is 736. The highest BCUT2D eigenvalue weighted by Gasteiger charge is 2.22. The molecule has 2 fully saturated rings. The van der Waals surface area contributed by atoms with E-state index in [0.717, 1.165) is 61.2 Å². The van der Waals surface area contributed by atoms with Gasteiger partial charge >= 0.3 is 0 Å². The number of hydrogen-bond donors (Lipinski definition) is 0. The van der Waals surface area contributed by atoms with Gasteiger partial charge in [0.15, 0.2) is 5.13 Å². The van der Waals surface area contributed by atoms with Gasteiger partial charge in [-0.25, -0.2) is 4.98 Å². The van der Waals surface area contributed by atoms with E-state index in [9.17, 15) is 4.79 Å². The predicted octanol–water partition coefficient (Wildman–Crippen LogP) is 2.69. The van der Waals surface area contributed by atoms with Crippen molar-refractivity contribution < 1.29 is 4.79 Å². The number of hydrogen-bond acceptors (Lipinski definition) is 5. The minimum atomic E-state index is 0.226. The smallest absolute Gasteiger partial charge is 0.227 e. The van der Waals surface area contributed by atoms with Crippen molar-refractivity contribution >= 4 is 28.1 Å². The Kier molecular flexibility index (Phi) is 4.24. The van der Waals surface area contributed by atoms with E-state index >= 15 is 0 Å². The second-order valence-corrected chi connectivity index (χ2v) is 7.34. The summed E-state index contributed by atoms with van der Waals surface area (Å²) in [5, 5.41) is 3.22. The van der Waals surface area contributed by atoms with E-state index in [1.807, 2.05) is 17.0 Å². The largest absolute Gasteiger partial charge is 0.346 e. The molecule has 0 unspecified atom stereocenters. The van der Waals surface area contributed by atoms with E-state index < -0.39 is 0 Å². The number of carbonyl (C=O) groups is 1. The highest BCUT2D eigenvalue weighted by Crippen LogP contribution is 2.31. The molecule has 3 heterocycles. The van der Waals surface area contributed by atoms with Gasteiger partial charge in [0, 0.05) is 55.8 Å². The number of benzene rings is 1. The molecule has 5 nitrogen and oxygen atoms in total. The van der Waals surface area contributed by atoms with Crippen LogP contribution in [-0.4, -0.2) is 55.6 Å². The van der Waals surface area contributed by atoms with Gasteiger partial charge in [0.2, 0.25) is 5.91 Å². The molecule has 0 saturated carbocycles. The van der Waals surface area contributed by atoms with E-state index in [1.54, 1.807) is 11.3 Å². The molecule has 4 rings (SSSR count). The molecule has 126 valence electrons. The lowest BCUT2D eigenvalue weighted by Crippen LogP contribution is -2.44. The molecule has 2 aliphatic rings. The van der Waals surface area contributed by atoms with Crippen molar-refractivity contribution in [3.05, 3.63) is 29.6 Å². The van der Waals surface area contributed by atoms with Crippen molar-refractivity contribution in [2.45, 2.75) is 12.8 Å². The van der Waals surface area contributed by atoms with Crippen molar-refractivity contribution in [1.82, 2.24) is 9.88 Å². The molecule has 0 aliphatic carbocycles. The molecule has 24 heavy (non-hydrogen) atoms. The van der Waals surface area contributed by atoms with E-state index in [4.69, 9.17) is 4.98 Å². The van der Waals surface area contributed by atoms with Gasteiger partial charge in [-0.05, 0) is 25.6 Å². The third kappa shape index (κ3) is 3.03. The van der Waals surface area contributed by atoms with Crippen LogP contribution < -0.4 is 9.80 Å². The van der Waals surface area contributed by atoms with E-state index in [1.165, 1.54) is 0 Å². The maximum atomic E-state index is 12.0. The Labute approximate surface area is 146 Å². The van der Waals surface area contributed by atoms with Gasteiger partial charge in [-0.3, -0.25) is 4.79 Å². The summed E-state index contributed by atoms with van der Waals surface area (Å²) >= 11 is 1.71. The molecular formula is C18H22N4OS. The number of anilines is 2. The maximum absolute atomic E-state index is 12.0. The minimum absolute atomic E-state index is 0.226. The topological polar surface area (TPSA) is 39.7 Å². The molecule has 0 bridgehead atoms. The van der Waals surface area contributed by atoms with Gasteiger partial charge in [-0.15, -0.1) is 11.3 Å². The average Bonchev–Trinajstić information content (AvgIpc) is 3.25. The Hall–Kier alpha value is -1.92. The monoisotopic (exact) mass is 342 g/mol. The van der Waals surface area contributed by atoms with Gasteiger partial charge in [-0.1, -0.05) is 12.1 Å². The van der Waals surface area contributed by atoms with Crippen LogP contribution in [-0.2, 0) is 4.79 Å². The van der Waals surface area contributed by atoms with Gasteiger partial charge in [-0.2, -0.15) is 0 Å². The van der Waals surface area contributed by atoms with Crippen LogP contribution in [0.1, 0.15) is 12.8 Å². The SMILES string of the molecule is CN1CCN(c2nc(-c3cccc(N4CCCC4=O)c3)cs2)CC1. The first-order valence-electron chi connectivity index (χ1n) is 8.50. The summed E-state index contributed by atoms with van der Waals surface area (Å²) < 4.78 is 0. The molecule has 2 aliphatic heterocycles.